The third-order valence-corrected chi connectivity index (χ3v) is 4.06. The Morgan fingerprint density at radius 3 is 2.83 bits per heavy atom. The van der Waals surface area contributed by atoms with Crippen molar-refractivity contribution >= 4 is 0 Å². The molecule has 18 heavy (non-hydrogen) atoms. The van der Waals surface area contributed by atoms with Crippen LogP contribution in [0.4, 0.5) is 0 Å². The first kappa shape index (κ1) is 15.9. The lowest BCUT2D eigenvalue weighted by Crippen LogP contribution is -2.46. The van der Waals surface area contributed by atoms with E-state index in [0.29, 0.717) is 6.04 Å². The number of piperidine rings is 1. The van der Waals surface area contributed by atoms with Gasteiger partial charge in [-0.2, -0.15) is 0 Å². The van der Waals surface area contributed by atoms with Gasteiger partial charge in [0.25, 0.3) is 0 Å². The molecular weight excluding hydrogens is 222 g/mol. The highest BCUT2D eigenvalue weighted by atomic mass is 15.2. The van der Waals surface area contributed by atoms with Gasteiger partial charge in [-0.25, -0.2) is 0 Å². The van der Waals surface area contributed by atoms with E-state index in [1.54, 1.807) is 0 Å². The zero-order valence-electron chi connectivity index (χ0n) is 12.9. The van der Waals surface area contributed by atoms with E-state index < -0.39 is 0 Å². The van der Waals surface area contributed by atoms with Crippen LogP contribution in [0.25, 0.3) is 0 Å². The van der Waals surface area contributed by atoms with E-state index in [0.717, 1.165) is 6.04 Å². The molecule has 1 unspecified atom stereocenters. The van der Waals surface area contributed by atoms with Crippen LogP contribution in [0, 0.1) is 0 Å². The van der Waals surface area contributed by atoms with E-state index in [1.807, 2.05) is 0 Å². The Labute approximate surface area is 114 Å². The molecule has 3 nitrogen and oxygen atoms in total. The van der Waals surface area contributed by atoms with Gasteiger partial charge in [0.15, 0.2) is 0 Å². The van der Waals surface area contributed by atoms with E-state index in [2.05, 4.69) is 42.9 Å². The summed E-state index contributed by atoms with van der Waals surface area (Å²) >= 11 is 0. The lowest BCUT2D eigenvalue weighted by molar-refractivity contribution is 0.175. The molecule has 0 aliphatic carbocycles. The molecule has 1 N–H and O–H groups in total. The molecule has 0 aromatic heterocycles. The van der Waals surface area contributed by atoms with Crippen LogP contribution in [0.3, 0.4) is 0 Å². The zero-order valence-corrected chi connectivity index (χ0v) is 12.9. The molecule has 1 atom stereocenters. The quantitative estimate of drug-likeness (QED) is 0.717. The summed E-state index contributed by atoms with van der Waals surface area (Å²) < 4.78 is 0. The van der Waals surface area contributed by atoms with Gasteiger partial charge in [-0.1, -0.05) is 6.92 Å². The number of hydrogen-bond acceptors (Lipinski definition) is 3. The summed E-state index contributed by atoms with van der Waals surface area (Å²) in [6.07, 6.45) is 5.27. The van der Waals surface area contributed by atoms with Crippen LogP contribution in [0.1, 0.15) is 46.5 Å². The molecule has 1 aliphatic rings. The molecule has 1 fully saturated rings. The maximum atomic E-state index is 3.67. The Morgan fingerprint density at radius 2 is 2.17 bits per heavy atom. The van der Waals surface area contributed by atoms with Crippen molar-refractivity contribution in [2.45, 2.75) is 58.5 Å². The zero-order chi connectivity index (χ0) is 13.4. The summed E-state index contributed by atoms with van der Waals surface area (Å²) in [5.74, 6) is 0. The lowest BCUT2D eigenvalue weighted by Gasteiger charge is -2.33. The van der Waals surface area contributed by atoms with Gasteiger partial charge < -0.3 is 15.1 Å². The highest BCUT2D eigenvalue weighted by Gasteiger charge is 2.18. The van der Waals surface area contributed by atoms with Gasteiger partial charge in [0.1, 0.15) is 0 Å². The standard InChI is InChI=1S/C15H33N3/c1-5-9-16-15-8-6-11-18(13-15)12-7-10-17(4)14(2)3/h14-16H,5-13H2,1-4H3. The Hall–Kier alpha value is -0.120. The summed E-state index contributed by atoms with van der Waals surface area (Å²) in [5.41, 5.74) is 0. The van der Waals surface area contributed by atoms with Crippen LogP contribution in [-0.4, -0.2) is 61.7 Å². The fourth-order valence-electron chi connectivity index (χ4n) is 2.58. The van der Waals surface area contributed by atoms with E-state index in [4.69, 9.17) is 0 Å². The average molecular weight is 255 g/mol. The van der Waals surface area contributed by atoms with Crippen LogP contribution in [0.5, 0.6) is 0 Å². The van der Waals surface area contributed by atoms with E-state index in [9.17, 15) is 0 Å². The largest absolute Gasteiger partial charge is 0.313 e. The van der Waals surface area contributed by atoms with E-state index in [-0.39, 0.29) is 0 Å². The Kier molecular flexibility index (Phi) is 7.87. The molecule has 1 saturated heterocycles. The first-order chi connectivity index (χ1) is 8.63. The molecule has 1 aliphatic heterocycles. The van der Waals surface area contributed by atoms with Gasteiger partial charge in [0.2, 0.25) is 0 Å². The minimum Gasteiger partial charge on any atom is -0.313 e. The second-order valence-electron chi connectivity index (χ2n) is 6.02. The second kappa shape index (κ2) is 8.89. The fourth-order valence-corrected chi connectivity index (χ4v) is 2.58. The van der Waals surface area contributed by atoms with E-state index >= 15 is 0 Å². The summed E-state index contributed by atoms with van der Waals surface area (Å²) in [7, 11) is 2.23. The van der Waals surface area contributed by atoms with Crippen molar-refractivity contribution in [2.24, 2.45) is 0 Å². The Morgan fingerprint density at radius 1 is 1.39 bits per heavy atom. The number of rotatable bonds is 8. The molecule has 0 amide bonds. The topological polar surface area (TPSA) is 18.5 Å². The lowest BCUT2D eigenvalue weighted by atomic mass is 10.1. The Balaban J connectivity index is 2.14. The van der Waals surface area contributed by atoms with Crippen molar-refractivity contribution in [3.8, 4) is 0 Å². The van der Waals surface area contributed by atoms with Crippen molar-refractivity contribution in [1.82, 2.24) is 15.1 Å². The van der Waals surface area contributed by atoms with Gasteiger partial charge in [-0.15, -0.1) is 0 Å². The molecule has 0 radical (unpaired) electrons. The summed E-state index contributed by atoms with van der Waals surface area (Å²) in [4.78, 5) is 5.09. The normalized spacial score (nSPS) is 22.0. The maximum Gasteiger partial charge on any atom is 0.0195 e. The number of hydrogen-bond donors (Lipinski definition) is 1. The third-order valence-electron chi connectivity index (χ3n) is 4.06. The molecule has 1 heterocycles. The highest BCUT2D eigenvalue weighted by molar-refractivity contribution is 4.78. The molecule has 108 valence electrons. The van der Waals surface area contributed by atoms with Gasteiger partial charge in [-0.3, -0.25) is 0 Å². The van der Waals surface area contributed by atoms with E-state index in [1.165, 1.54) is 58.4 Å². The van der Waals surface area contributed by atoms with Gasteiger partial charge in [0.05, 0.1) is 0 Å². The van der Waals surface area contributed by atoms with Crippen molar-refractivity contribution in [3.05, 3.63) is 0 Å². The summed E-state index contributed by atoms with van der Waals surface area (Å²) in [6.45, 7) is 13.0. The molecule has 0 aromatic carbocycles. The summed E-state index contributed by atoms with van der Waals surface area (Å²) in [6, 6.07) is 1.41. The van der Waals surface area contributed by atoms with Crippen molar-refractivity contribution in [3.63, 3.8) is 0 Å². The van der Waals surface area contributed by atoms with Crippen molar-refractivity contribution < 1.29 is 0 Å². The molecule has 0 aromatic rings. The number of nitrogens with one attached hydrogen (secondary N) is 1. The van der Waals surface area contributed by atoms with Crippen LogP contribution in [-0.2, 0) is 0 Å². The predicted molar refractivity (Wildman–Crippen MR) is 80.1 cm³/mol. The highest BCUT2D eigenvalue weighted by Crippen LogP contribution is 2.10. The molecule has 1 rings (SSSR count). The third kappa shape index (κ3) is 6.17. The molecule has 0 bridgehead atoms. The molecular formula is C15H33N3. The molecule has 3 heteroatoms. The fraction of sp³-hybridized carbons (Fsp3) is 1.00. The first-order valence-corrected chi connectivity index (χ1v) is 7.79. The number of nitrogens with zero attached hydrogens (tertiary/aromatic N) is 2. The maximum absolute atomic E-state index is 3.67. The molecule has 0 spiro atoms. The first-order valence-electron chi connectivity index (χ1n) is 7.79. The predicted octanol–water partition coefficient (Wildman–Crippen LogP) is 2.18. The van der Waals surface area contributed by atoms with Gasteiger partial charge in [0, 0.05) is 18.6 Å². The van der Waals surface area contributed by atoms with Gasteiger partial charge >= 0.3 is 0 Å². The second-order valence-corrected chi connectivity index (χ2v) is 6.02. The van der Waals surface area contributed by atoms with Crippen molar-refractivity contribution in [2.75, 3.05) is 39.8 Å². The SMILES string of the molecule is CCCNC1CCCN(CCCN(C)C(C)C)C1. The Bertz CT molecular complexity index is 206. The van der Waals surface area contributed by atoms with Crippen LogP contribution in [0.2, 0.25) is 0 Å². The summed E-state index contributed by atoms with van der Waals surface area (Å²) in [5, 5.41) is 3.67. The minimum atomic E-state index is 0.672. The smallest absolute Gasteiger partial charge is 0.0195 e. The van der Waals surface area contributed by atoms with Crippen LogP contribution < -0.4 is 5.32 Å². The van der Waals surface area contributed by atoms with Gasteiger partial charge in [-0.05, 0) is 72.8 Å². The van der Waals surface area contributed by atoms with Crippen molar-refractivity contribution in [1.29, 1.82) is 0 Å². The van der Waals surface area contributed by atoms with Crippen LogP contribution >= 0.6 is 0 Å². The minimum absolute atomic E-state index is 0.672. The monoisotopic (exact) mass is 255 g/mol. The number of likely N-dealkylation sites (tertiary alicyclic amines) is 1. The average Bonchev–Trinajstić information content (AvgIpc) is 2.36. The van der Waals surface area contributed by atoms with Crippen LogP contribution in [0.15, 0.2) is 0 Å². The molecule has 0 saturated carbocycles.